The van der Waals surface area contributed by atoms with Crippen LogP contribution in [0.15, 0.2) is 36.7 Å². The van der Waals surface area contributed by atoms with E-state index in [4.69, 9.17) is 14.7 Å². The van der Waals surface area contributed by atoms with Crippen LogP contribution in [-0.4, -0.2) is 66.3 Å². The molecule has 3 aromatic rings. The third kappa shape index (κ3) is 4.63. The normalized spacial score (nSPS) is 15.0. The molecule has 0 aliphatic carbocycles. The second-order valence-electron chi connectivity index (χ2n) is 7.18. The summed E-state index contributed by atoms with van der Waals surface area (Å²) in [5.74, 6) is 0.428. The molecule has 158 valence electrons. The Morgan fingerprint density at radius 2 is 1.90 bits per heavy atom. The van der Waals surface area contributed by atoms with Crippen LogP contribution >= 0.6 is 0 Å². The Bertz CT molecular complexity index is 1010. The van der Waals surface area contributed by atoms with Crippen molar-refractivity contribution in [2.75, 3.05) is 56.7 Å². The molecule has 0 saturated carbocycles. The number of pyridine rings is 1. The summed E-state index contributed by atoms with van der Waals surface area (Å²) in [6.07, 6.45) is 3.40. The molecule has 0 radical (unpaired) electrons. The van der Waals surface area contributed by atoms with Gasteiger partial charge in [0, 0.05) is 64.2 Å². The van der Waals surface area contributed by atoms with Crippen LogP contribution in [0.4, 0.5) is 20.4 Å². The Labute approximate surface area is 173 Å². The van der Waals surface area contributed by atoms with Gasteiger partial charge in [-0.1, -0.05) is 6.07 Å². The fourth-order valence-electron chi connectivity index (χ4n) is 3.52. The average Bonchev–Trinajstić information content (AvgIpc) is 2.76. The van der Waals surface area contributed by atoms with Gasteiger partial charge in [-0.15, -0.1) is 0 Å². The first-order chi connectivity index (χ1) is 14.6. The van der Waals surface area contributed by atoms with Crippen LogP contribution in [0.25, 0.3) is 11.0 Å². The number of ether oxygens (including phenoxy) is 1. The van der Waals surface area contributed by atoms with E-state index in [1.54, 1.807) is 19.5 Å². The summed E-state index contributed by atoms with van der Waals surface area (Å²) in [7, 11) is 1.66. The minimum absolute atomic E-state index is 0.451. The van der Waals surface area contributed by atoms with E-state index in [9.17, 15) is 8.78 Å². The van der Waals surface area contributed by atoms with Gasteiger partial charge < -0.3 is 15.0 Å². The number of nitrogens with one attached hydrogen (secondary N) is 1. The number of benzene rings is 1. The van der Waals surface area contributed by atoms with Crippen LogP contribution in [-0.2, 0) is 11.3 Å². The highest BCUT2D eigenvalue weighted by molar-refractivity contribution is 5.79. The molecule has 0 atom stereocenters. The third-order valence-corrected chi connectivity index (χ3v) is 5.13. The van der Waals surface area contributed by atoms with E-state index in [1.807, 2.05) is 6.07 Å². The van der Waals surface area contributed by atoms with E-state index in [-0.39, 0.29) is 0 Å². The van der Waals surface area contributed by atoms with Gasteiger partial charge in [-0.25, -0.2) is 18.7 Å². The molecule has 0 spiro atoms. The molecule has 1 saturated heterocycles. The molecule has 4 rings (SSSR count). The van der Waals surface area contributed by atoms with Crippen molar-refractivity contribution in [3.05, 3.63) is 53.9 Å². The number of hydrogen-bond acceptors (Lipinski definition) is 7. The van der Waals surface area contributed by atoms with Crippen molar-refractivity contribution in [1.82, 2.24) is 19.9 Å². The summed E-state index contributed by atoms with van der Waals surface area (Å²) in [5, 5.41) is 3.31. The van der Waals surface area contributed by atoms with E-state index < -0.39 is 11.6 Å². The third-order valence-electron chi connectivity index (χ3n) is 5.13. The van der Waals surface area contributed by atoms with Crippen molar-refractivity contribution in [2.24, 2.45) is 0 Å². The lowest BCUT2D eigenvalue weighted by atomic mass is 10.1. The molecule has 9 heteroatoms. The van der Waals surface area contributed by atoms with Gasteiger partial charge in [0.1, 0.15) is 17.2 Å². The van der Waals surface area contributed by atoms with Gasteiger partial charge in [-0.3, -0.25) is 9.88 Å². The van der Waals surface area contributed by atoms with Crippen molar-refractivity contribution in [3.63, 3.8) is 0 Å². The molecule has 0 bridgehead atoms. The molecule has 1 aromatic carbocycles. The van der Waals surface area contributed by atoms with Crippen LogP contribution in [0.2, 0.25) is 0 Å². The maximum Gasteiger partial charge on any atom is 0.172 e. The Morgan fingerprint density at radius 1 is 1.07 bits per heavy atom. The zero-order valence-corrected chi connectivity index (χ0v) is 16.8. The quantitative estimate of drug-likeness (QED) is 0.596. The van der Waals surface area contributed by atoms with Crippen LogP contribution in [0.1, 0.15) is 5.56 Å². The Hall–Kier alpha value is -2.91. The average molecular weight is 414 g/mol. The lowest BCUT2D eigenvalue weighted by molar-refractivity contribution is 0.210. The fourth-order valence-corrected chi connectivity index (χ4v) is 3.52. The van der Waals surface area contributed by atoms with Crippen molar-refractivity contribution >= 4 is 22.7 Å². The lowest BCUT2D eigenvalue weighted by Gasteiger charge is -2.36. The maximum atomic E-state index is 14.0. The number of halogens is 2. The minimum Gasteiger partial charge on any atom is -0.383 e. The van der Waals surface area contributed by atoms with Crippen molar-refractivity contribution < 1.29 is 13.5 Å². The van der Waals surface area contributed by atoms with Gasteiger partial charge in [0.05, 0.1) is 18.3 Å². The molecule has 7 nitrogen and oxygen atoms in total. The summed E-state index contributed by atoms with van der Waals surface area (Å²) < 4.78 is 32.2. The molecule has 2 aromatic heterocycles. The van der Waals surface area contributed by atoms with Gasteiger partial charge >= 0.3 is 0 Å². The van der Waals surface area contributed by atoms with Gasteiger partial charge in [0.2, 0.25) is 0 Å². The highest BCUT2D eigenvalue weighted by atomic mass is 19.1. The van der Waals surface area contributed by atoms with E-state index in [2.05, 4.69) is 20.1 Å². The Morgan fingerprint density at radius 3 is 2.67 bits per heavy atom. The summed E-state index contributed by atoms with van der Waals surface area (Å²) in [5.41, 5.74) is 2.02. The number of methoxy groups -OCH3 is 1. The van der Waals surface area contributed by atoms with E-state index >= 15 is 0 Å². The first kappa shape index (κ1) is 20.4. The maximum absolute atomic E-state index is 14.0. The number of rotatable bonds is 7. The molecule has 0 amide bonds. The van der Waals surface area contributed by atoms with E-state index in [0.29, 0.717) is 31.1 Å². The van der Waals surface area contributed by atoms with Crippen LogP contribution < -0.4 is 10.2 Å². The standard InChI is InChI=1S/C21H24F2N6O/c1-30-11-6-25-20-21(27-19-13-24-5-4-18(19)26-20)29-9-7-28(8-10-29)14-15-2-3-16(22)12-17(15)23/h2-5,12-13H,6-11,14H2,1H3,(H,25,26). The van der Waals surface area contributed by atoms with E-state index in [0.717, 1.165) is 49.1 Å². The van der Waals surface area contributed by atoms with Crippen LogP contribution in [0.5, 0.6) is 0 Å². The molecule has 1 fully saturated rings. The van der Waals surface area contributed by atoms with Crippen LogP contribution in [0, 0.1) is 11.6 Å². The number of hydrogen-bond donors (Lipinski definition) is 1. The molecule has 3 heterocycles. The zero-order valence-electron chi connectivity index (χ0n) is 16.8. The zero-order chi connectivity index (χ0) is 20.9. The van der Waals surface area contributed by atoms with Crippen LogP contribution in [0.3, 0.4) is 0 Å². The first-order valence-corrected chi connectivity index (χ1v) is 9.90. The summed E-state index contributed by atoms with van der Waals surface area (Å²) in [4.78, 5) is 18.0. The van der Waals surface area contributed by atoms with Crippen molar-refractivity contribution in [2.45, 2.75) is 6.54 Å². The second kappa shape index (κ2) is 9.27. The monoisotopic (exact) mass is 414 g/mol. The van der Waals surface area contributed by atoms with Gasteiger partial charge in [-0.05, 0) is 12.1 Å². The molecule has 30 heavy (non-hydrogen) atoms. The molecule has 1 aliphatic rings. The molecule has 1 aliphatic heterocycles. The lowest BCUT2D eigenvalue weighted by Crippen LogP contribution is -2.46. The summed E-state index contributed by atoms with van der Waals surface area (Å²) in [6, 6.07) is 5.58. The summed E-state index contributed by atoms with van der Waals surface area (Å²) in [6.45, 7) is 4.56. The van der Waals surface area contributed by atoms with Crippen molar-refractivity contribution in [3.8, 4) is 0 Å². The minimum atomic E-state index is -0.557. The topological polar surface area (TPSA) is 66.4 Å². The molecular formula is C21H24F2N6O. The highest BCUT2D eigenvalue weighted by Gasteiger charge is 2.22. The Balaban J connectivity index is 1.48. The number of piperazine rings is 1. The van der Waals surface area contributed by atoms with E-state index in [1.165, 1.54) is 12.1 Å². The molecular weight excluding hydrogens is 390 g/mol. The molecule has 1 N–H and O–H groups in total. The van der Waals surface area contributed by atoms with Gasteiger partial charge in [0.15, 0.2) is 11.6 Å². The first-order valence-electron chi connectivity index (χ1n) is 9.90. The second-order valence-corrected chi connectivity index (χ2v) is 7.18. The Kier molecular flexibility index (Phi) is 6.29. The predicted molar refractivity (Wildman–Crippen MR) is 112 cm³/mol. The van der Waals surface area contributed by atoms with Gasteiger partial charge in [0.25, 0.3) is 0 Å². The number of anilines is 2. The SMILES string of the molecule is COCCNc1nc2ccncc2nc1N1CCN(Cc2ccc(F)cc2F)CC1. The van der Waals surface area contributed by atoms with Crippen molar-refractivity contribution in [1.29, 1.82) is 0 Å². The fraction of sp³-hybridized carbons (Fsp3) is 0.381. The smallest absolute Gasteiger partial charge is 0.172 e. The number of fused-ring (bicyclic) bond motifs is 1. The predicted octanol–water partition coefficient (Wildman–Crippen LogP) is 2.68. The largest absolute Gasteiger partial charge is 0.383 e. The van der Waals surface area contributed by atoms with Gasteiger partial charge in [-0.2, -0.15) is 0 Å². The summed E-state index contributed by atoms with van der Waals surface area (Å²) >= 11 is 0. The molecule has 0 unspecified atom stereocenters. The number of aromatic nitrogens is 3. The highest BCUT2D eigenvalue weighted by Crippen LogP contribution is 2.26. The number of nitrogens with zero attached hydrogens (tertiary/aromatic N) is 5.